The van der Waals surface area contributed by atoms with Crippen LogP contribution in [0, 0.1) is 0 Å². The lowest BCUT2D eigenvalue weighted by Crippen LogP contribution is -2.13. The van der Waals surface area contributed by atoms with Crippen molar-refractivity contribution in [3.05, 3.63) is 58.2 Å². The van der Waals surface area contributed by atoms with Crippen LogP contribution in [-0.4, -0.2) is 11.5 Å². The Hall–Kier alpha value is -1.39. The standard InChI is InChI=1S/C16H19BrN2O/c1-2-8-18-10-14-6-7-16(19-11-14)20-12-13-4-3-5-15(17)9-13/h3-7,9,11,18H,2,8,10,12H2,1H3. The number of hydrogen-bond acceptors (Lipinski definition) is 3. The molecule has 1 N–H and O–H groups in total. The maximum Gasteiger partial charge on any atom is 0.213 e. The van der Waals surface area contributed by atoms with Crippen molar-refractivity contribution in [1.29, 1.82) is 0 Å². The molecule has 0 aliphatic carbocycles. The molecule has 0 fully saturated rings. The zero-order valence-electron chi connectivity index (χ0n) is 11.6. The minimum Gasteiger partial charge on any atom is -0.473 e. The fraction of sp³-hybridized carbons (Fsp3) is 0.312. The third-order valence-corrected chi connectivity index (χ3v) is 3.32. The molecule has 1 aromatic carbocycles. The fourth-order valence-corrected chi connectivity index (χ4v) is 2.24. The summed E-state index contributed by atoms with van der Waals surface area (Å²) in [5, 5.41) is 3.35. The highest BCUT2D eigenvalue weighted by Gasteiger charge is 1.99. The van der Waals surface area contributed by atoms with Crippen LogP contribution in [0.15, 0.2) is 47.1 Å². The Morgan fingerprint density at radius 1 is 1.20 bits per heavy atom. The maximum absolute atomic E-state index is 5.68. The van der Waals surface area contributed by atoms with Crippen molar-refractivity contribution in [3.8, 4) is 5.88 Å². The van der Waals surface area contributed by atoms with Crippen molar-refractivity contribution in [1.82, 2.24) is 10.3 Å². The molecule has 4 heteroatoms. The average Bonchev–Trinajstić information content (AvgIpc) is 2.47. The SMILES string of the molecule is CCCNCc1ccc(OCc2cccc(Br)c2)nc1. The molecule has 20 heavy (non-hydrogen) atoms. The number of ether oxygens (including phenoxy) is 1. The van der Waals surface area contributed by atoms with E-state index in [1.54, 1.807) is 0 Å². The Morgan fingerprint density at radius 3 is 2.80 bits per heavy atom. The lowest BCUT2D eigenvalue weighted by atomic mass is 10.2. The summed E-state index contributed by atoms with van der Waals surface area (Å²) in [4.78, 5) is 4.32. The highest BCUT2D eigenvalue weighted by atomic mass is 79.9. The normalized spacial score (nSPS) is 10.5. The van der Waals surface area contributed by atoms with E-state index in [4.69, 9.17) is 4.74 Å². The molecular formula is C16H19BrN2O. The Balaban J connectivity index is 1.84. The zero-order valence-corrected chi connectivity index (χ0v) is 13.2. The Kier molecular flexibility index (Phi) is 6.02. The van der Waals surface area contributed by atoms with E-state index in [1.165, 1.54) is 5.56 Å². The van der Waals surface area contributed by atoms with Crippen LogP contribution in [0.1, 0.15) is 24.5 Å². The number of halogens is 1. The highest BCUT2D eigenvalue weighted by molar-refractivity contribution is 9.10. The third-order valence-electron chi connectivity index (χ3n) is 2.83. The summed E-state index contributed by atoms with van der Waals surface area (Å²) in [5.74, 6) is 0.657. The van der Waals surface area contributed by atoms with Gasteiger partial charge in [-0.3, -0.25) is 0 Å². The zero-order chi connectivity index (χ0) is 14.2. The van der Waals surface area contributed by atoms with Gasteiger partial charge in [0.15, 0.2) is 0 Å². The van der Waals surface area contributed by atoms with E-state index in [0.29, 0.717) is 12.5 Å². The molecule has 2 rings (SSSR count). The predicted molar refractivity (Wildman–Crippen MR) is 84.7 cm³/mol. The first kappa shape index (κ1) is 15.0. The summed E-state index contributed by atoms with van der Waals surface area (Å²) in [6.45, 7) is 4.57. The molecule has 106 valence electrons. The largest absolute Gasteiger partial charge is 0.473 e. The molecule has 3 nitrogen and oxygen atoms in total. The summed E-state index contributed by atoms with van der Waals surface area (Å²) in [6.07, 6.45) is 3.00. The second kappa shape index (κ2) is 8.02. The molecule has 0 unspecified atom stereocenters. The van der Waals surface area contributed by atoms with Crippen LogP contribution in [0.2, 0.25) is 0 Å². The summed E-state index contributed by atoms with van der Waals surface area (Å²) < 4.78 is 6.73. The van der Waals surface area contributed by atoms with E-state index in [9.17, 15) is 0 Å². The average molecular weight is 335 g/mol. The van der Waals surface area contributed by atoms with Crippen LogP contribution >= 0.6 is 15.9 Å². The van der Waals surface area contributed by atoms with Gasteiger partial charge in [-0.1, -0.05) is 41.1 Å². The summed E-state index contributed by atoms with van der Waals surface area (Å²) in [6, 6.07) is 12.0. The summed E-state index contributed by atoms with van der Waals surface area (Å²) >= 11 is 3.45. The number of benzene rings is 1. The smallest absolute Gasteiger partial charge is 0.213 e. The molecule has 0 spiro atoms. The minimum absolute atomic E-state index is 0.528. The number of aromatic nitrogens is 1. The van der Waals surface area contributed by atoms with E-state index >= 15 is 0 Å². The second-order valence-electron chi connectivity index (χ2n) is 4.60. The van der Waals surface area contributed by atoms with Crippen LogP contribution in [0.5, 0.6) is 5.88 Å². The number of nitrogens with zero attached hydrogens (tertiary/aromatic N) is 1. The fourth-order valence-electron chi connectivity index (χ4n) is 1.79. The number of pyridine rings is 1. The highest BCUT2D eigenvalue weighted by Crippen LogP contribution is 2.14. The molecule has 1 heterocycles. The van der Waals surface area contributed by atoms with Crippen molar-refractivity contribution in [2.75, 3.05) is 6.54 Å². The van der Waals surface area contributed by atoms with Crippen molar-refractivity contribution in [2.24, 2.45) is 0 Å². The van der Waals surface area contributed by atoms with E-state index in [1.807, 2.05) is 42.6 Å². The first-order valence-electron chi connectivity index (χ1n) is 6.81. The first-order valence-corrected chi connectivity index (χ1v) is 7.60. The van der Waals surface area contributed by atoms with Gasteiger partial charge in [0.2, 0.25) is 5.88 Å². The molecule has 0 saturated heterocycles. The van der Waals surface area contributed by atoms with E-state index in [0.717, 1.165) is 29.5 Å². The monoisotopic (exact) mass is 334 g/mol. The van der Waals surface area contributed by atoms with Gasteiger partial charge in [0.1, 0.15) is 6.61 Å². The third kappa shape index (κ3) is 4.94. The Labute approximate surface area is 128 Å². The van der Waals surface area contributed by atoms with Gasteiger partial charge in [0, 0.05) is 23.3 Å². The lowest BCUT2D eigenvalue weighted by Gasteiger charge is -2.07. The molecular weight excluding hydrogens is 316 g/mol. The van der Waals surface area contributed by atoms with E-state index < -0.39 is 0 Å². The van der Waals surface area contributed by atoms with Crippen molar-refractivity contribution < 1.29 is 4.74 Å². The van der Waals surface area contributed by atoms with Gasteiger partial charge in [0.25, 0.3) is 0 Å². The first-order chi connectivity index (χ1) is 9.78. The van der Waals surface area contributed by atoms with Crippen LogP contribution < -0.4 is 10.1 Å². The van der Waals surface area contributed by atoms with Crippen LogP contribution in [-0.2, 0) is 13.2 Å². The Bertz CT molecular complexity index is 528. The lowest BCUT2D eigenvalue weighted by molar-refractivity contribution is 0.293. The minimum atomic E-state index is 0.528. The number of nitrogens with one attached hydrogen (secondary N) is 1. The van der Waals surface area contributed by atoms with Gasteiger partial charge in [-0.15, -0.1) is 0 Å². The summed E-state index contributed by atoms with van der Waals surface area (Å²) in [5.41, 5.74) is 2.29. The summed E-state index contributed by atoms with van der Waals surface area (Å²) in [7, 11) is 0. The molecule has 0 radical (unpaired) electrons. The number of hydrogen-bond donors (Lipinski definition) is 1. The van der Waals surface area contributed by atoms with Gasteiger partial charge in [-0.25, -0.2) is 4.98 Å². The van der Waals surface area contributed by atoms with Gasteiger partial charge in [-0.2, -0.15) is 0 Å². The quantitative estimate of drug-likeness (QED) is 0.779. The van der Waals surface area contributed by atoms with Crippen LogP contribution in [0.3, 0.4) is 0 Å². The second-order valence-corrected chi connectivity index (χ2v) is 5.52. The van der Waals surface area contributed by atoms with Gasteiger partial charge in [0.05, 0.1) is 0 Å². The van der Waals surface area contributed by atoms with Gasteiger partial charge < -0.3 is 10.1 Å². The van der Waals surface area contributed by atoms with Gasteiger partial charge >= 0.3 is 0 Å². The Morgan fingerprint density at radius 2 is 2.10 bits per heavy atom. The van der Waals surface area contributed by atoms with Crippen LogP contribution in [0.25, 0.3) is 0 Å². The number of rotatable bonds is 7. The molecule has 2 aromatic rings. The van der Waals surface area contributed by atoms with E-state index in [-0.39, 0.29) is 0 Å². The van der Waals surface area contributed by atoms with E-state index in [2.05, 4.69) is 33.2 Å². The molecule has 0 bridgehead atoms. The van der Waals surface area contributed by atoms with Crippen molar-refractivity contribution in [2.45, 2.75) is 26.5 Å². The van der Waals surface area contributed by atoms with Crippen molar-refractivity contribution in [3.63, 3.8) is 0 Å². The van der Waals surface area contributed by atoms with Crippen LogP contribution in [0.4, 0.5) is 0 Å². The molecule has 0 amide bonds. The van der Waals surface area contributed by atoms with Crippen molar-refractivity contribution >= 4 is 15.9 Å². The topological polar surface area (TPSA) is 34.1 Å². The molecule has 1 aromatic heterocycles. The molecule has 0 aliphatic heterocycles. The predicted octanol–water partition coefficient (Wildman–Crippen LogP) is 3.92. The molecule has 0 saturated carbocycles. The molecule has 0 atom stereocenters. The maximum atomic E-state index is 5.68. The van der Waals surface area contributed by atoms with Gasteiger partial charge in [-0.05, 0) is 36.2 Å². The molecule has 0 aliphatic rings.